The summed E-state index contributed by atoms with van der Waals surface area (Å²) in [7, 11) is 0. The molecule has 1 fully saturated rings. The highest BCUT2D eigenvalue weighted by molar-refractivity contribution is 7.98. The van der Waals surface area contributed by atoms with Crippen LogP contribution in [-0.4, -0.2) is 64.9 Å². The summed E-state index contributed by atoms with van der Waals surface area (Å²) in [5.41, 5.74) is 7.08. The molecule has 3 rings (SSSR count). The molecular formula is C17H25ClN4OS2. The normalized spacial score (nSPS) is 16.6. The van der Waals surface area contributed by atoms with E-state index >= 15 is 0 Å². The number of fused-ring (bicyclic) bond motifs is 1. The molecule has 1 saturated heterocycles. The van der Waals surface area contributed by atoms with Gasteiger partial charge in [-0.05, 0) is 30.6 Å². The van der Waals surface area contributed by atoms with Crippen LogP contribution in [0.1, 0.15) is 11.4 Å². The van der Waals surface area contributed by atoms with Crippen molar-refractivity contribution in [2.75, 3.05) is 38.2 Å². The van der Waals surface area contributed by atoms with E-state index in [0.717, 1.165) is 55.4 Å². The van der Waals surface area contributed by atoms with Crippen LogP contribution >= 0.6 is 35.5 Å². The van der Waals surface area contributed by atoms with Gasteiger partial charge in [-0.25, -0.2) is 4.98 Å². The van der Waals surface area contributed by atoms with Crippen LogP contribution in [0.5, 0.6) is 0 Å². The summed E-state index contributed by atoms with van der Waals surface area (Å²) in [4.78, 5) is 21.3. The molecule has 1 amide bonds. The van der Waals surface area contributed by atoms with Gasteiger partial charge in [0.05, 0.1) is 22.8 Å². The predicted molar refractivity (Wildman–Crippen MR) is 110 cm³/mol. The Morgan fingerprint density at radius 1 is 1.32 bits per heavy atom. The third-order valence-electron chi connectivity index (χ3n) is 4.33. The van der Waals surface area contributed by atoms with Crippen molar-refractivity contribution in [2.24, 2.45) is 5.73 Å². The number of benzene rings is 1. The number of carbonyl (C=O) groups excluding carboxylic acids is 1. The summed E-state index contributed by atoms with van der Waals surface area (Å²) >= 11 is 3.49. The van der Waals surface area contributed by atoms with Crippen molar-refractivity contribution in [3.8, 4) is 0 Å². The lowest BCUT2D eigenvalue weighted by Gasteiger charge is -2.35. The lowest BCUT2D eigenvalue weighted by Crippen LogP contribution is -2.53. The van der Waals surface area contributed by atoms with Crippen molar-refractivity contribution < 1.29 is 4.79 Å². The topological polar surface area (TPSA) is 62.5 Å². The van der Waals surface area contributed by atoms with Crippen molar-refractivity contribution in [1.82, 2.24) is 14.8 Å². The fourth-order valence-corrected chi connectivity index (χ4v) is 4.41. The third kappa shape index (κ3) is 5.31. The van der Waals surface area contributed by atoms with Gasteiger partial charge in [0, 0.05) is 26.2 Å². The molecule has 138 valence electrons. The van der Waals surface area contributed by atoms with Crippen molar-refractivity contribution in [1.29, 1.82) is 0 Å². The van der Waals surface area contributed by atoms with Crippen LogP contribution < -0.4 is 5.73 Å². The third-order valence-corrected chi connectivity index (χ3v) is 6.00. The lowest BCUT2D eigenvalue weighted by molar-refractivity contribution is -0.134. The van der Waals surface area contributed by atoms with Crippen molar-refractivity contribution in [3.05, 3.63) is 29.3 Å². The predicted octanol–water partition coefficient (Wildman–Crippen LogP) is 2.44. The number of hydrogen-bond acceptors (Lipinski definition) is 6. The molecule has 5 nitrogen and oxygen atoms in total. The minimum atomic E-state index is -0.353. The van der Waals surface area contributed by atoms with E-state index in [4.69, 9.17) is 10.7 Å². The first kappa shape index (κ1) is 20.5. The average Bonchev–Trinajstić information content (AvgIpc) is 3.02. The Hall–Kier alpha value is -0.860. The maximum atomic E-state index is 12.3. The van der Waals surface area contributed by atoms with Gasteiger partial charge >= 0.3 is 0 Å². The van der Waals surface area contributed by atoms with E-state index in [9.17, 15) is 4.79 Å². The molecule has 25 heavy (non-hydrogen) atoms. The van der Waals surface area contributed by atoms with E-state index in [1.54, 1.807) is 23.1 Å². The molecule has 2 heterocycles. The monoisotopic (exact) mass is 400 g/mol. The van der Waals surface area contributed by atoms with E-state index in [1.165, 1.54) is 4.70 Å². The molecule has 1 atom stereocenters. The van der Waals surface area contributed by atoms with Gasteiger partial charge in [-0.1, -0.05) is 12.1 Å². The summed E-state index contributed by atoms with van der Waals surface area (Å²) < 4.78 is 1.24. The first-order valence-corrected chi connectivity index (χ1v) is 10.5. The van der Waals surface area contributed by atoms with Gasteiger partial charge in [0.25, 0.3) is 0 Å². The van der Waals surface area contributed by atoms with Gasteiger partial charge in [-0.3, -0.25) is 9.69 Å². The number of piperazine rings is 1. The number of thiazole rings is 1. The first-order valence-electron chi connectivity index (χ1n) is 8.27. The molecule has 0 unspecified atom stereocenters. The molecule has 1 aliphatic rings. The van der Waals surface area contributed by atoms with Crippen LogP contribution in [0, 0.1) is 0 Å². The smallest absolute Gasteiger partial charge is 0.239 e. The summed E-state index contributed by atoms with van der Waals surface area (Å²) in [5.74, 6) is 1.04. The molecule has 1 aromatic carbocycles. The van der Waals surface area contributed by atoms with Gasteiger partial charge < -0.3 is 10.6 Å². The molecule has 0 aliphatic carbocycles. The highest BCUT2D eigenvalue weighted by Crippen LogP contribution is 2.23. The van der Waals surface area contributed by atoms with Crippen molar-refractivity contribution in [2.45, 2.75) is 19.0 Å². The molecule has 0 spiro atoms. The number of carbonyl (C=O) groups is 1. The minimum Gasteiger partial charge on any atom is -0.339 e. The maximum absolute atomic E-state index is 12.3. The fraction of sp³-hybridized carbons (Fsp3) is 0.529. The van der Waals surface area contributed by atoms with E-state index in [0.29, 0.717) is 0 Å². The lowest BCUT2D eigenvalue weighted by atomic mass is 10.2. The summed E-state index contributed by atoms with van der Waals surface area (Å²) in [6, 6.07) is 7.89. The Kier molecular flexibility index (Phi) is 7.96. The molecule has 1 aliphatic heterocycles. The fourth-order valence-electron chi connectivity index (χ4n) is 2.91. The zero-order valence-electron chi connectivity index (χ0n) is 14.4. The highest BCUT2D eigenvalue weighted by Gasteiger charge is 2.25. The van der Waals surface area contributed by atoms with Gasteiger partial charge in [-0.2, -0.15) is 11.8 Å². The summed E-state index contributed by atoms with van der Waals surface area (Å²) in [6.07, 6.45) is 2.80. The molecule has 2 aromatic rings. The Morgan fingerprint density at radius 2 is 2.04 bits per heavy atom. The Balaban J connectivity index is 0.00000225. The highest BCUT2D eigenvalue weighted by atomic mass is 35.5. The average molecular weight is 401 g/mol. The number of rotatable bonds is 6. The number of nitrogens with two attached hydrogens (primary N) is 1. The largest absolute Gasteiger partial charge is 0.339 e. The second-order valence-electron chi connectivity index (χ2n) is 6.06. The number of amides is 1. The van der Waals surface area contributed by atoms with Crippen LogP contribution in [-0.2, 0) is 11.3 Å². The van der Waals surface area contributed by atoms with E-state index in [1.807, 2.05) is 17.2 Å². The van der Waals surface area contributed by atoms with Crippen LogP contribution in [0.15, 0.2) is 24.3 Å². The molecule has 0 radical (unpaired) electrons. The summed E-state index contributed by atoms with van der Waals surface area (Å²) in [6.45, 7) is 4.15. The van der Waals surface area contributed by atoms with Crippen LogP contribution in [0.25, 0.3) is 10.2 Å². The number of halogens is 1. The van der Waals surface area contributed by atoms with Crippen LogP contribution in [0.4, 0.5) is 0 Å². The van der Waals surface area contributed by atoms with Gasteiger partial charge in [0.15, 0.2) is 0 Å². The van der Waals surface area contributed by atoms with Crippen molar-refractivity contribution in [3.63, 3.8) is 0 Å². The molecule has 0 saturated carbocycles. The zero-order chi connectivity index (χ0) is 16.9. The van der Waals surface area contributed by atoms with E-state index in [2.05, 4.69) is 23.1 Å². The Labute approximate surface area is 163 Å². The standard InChI is InChI=1S/C17H24N4OS2.ClH/c1-23-11-6-13(18)17(22)21-9-7-20(8-10-21)12-16-19-14-4-2-3-5-15(14)24-16;/h2-5,13H,6-12,18H2,1H3;1H/t13-;/m0./s1. The van der Waals surface area contributed by atoms with E-state index < -0.39 is 0 Å². The SMILES string of the molecule is CSCC[C@H](N)C(=O)N1CCN(Cc2nc3ccccc3s2)CC1.Cl. The number of nitrogens with zero attached hydrogens (tertiary/aromatic N) is 3. The molecule has 8 heteroatoms. The number of para-hydroxylation sites is 1. The molecule has 1 aromatic heterocycles. The quantitative estimate of drug-likeness (QED) is 0.806. The first-order chi connectivity index (χ1) is 11.7. The Morgan fingerprint density at radius 3 is 2.72 bits per heavy atom. The number of hydrogen-bond donors (Lipinski definition) is 1. The maximum Gasteiger partial charge on any atom is 0.239 e. The molecular weight excluding hydrogens is 376 g/mol. The van der Waals surface area contributed by atoms with Gasteiger partial charge in [-0.15, -0.1) is 23.7 Å². The molecule has 2 N–H and O–H groups in total. The van der Waals surface area contributed by atoms with Crippen LogP contribution in [0.2, 0.25) is 0 Å². The second-order valence-corrected chi connectivity index (χ2v) is 8.17. The second kappa shape index (κ2) is 9.73. The minimum absolute atomic E-state index is 0. The van der Waals surface area contributed by atoms with Crippen LogP contribution in [0.3, 0.4) is 0 Å². The van der Waals surface area contributed by atoms with Gasteiger partial charge in [0.1, 0.15) is 5.01 Å². The number of thioether (sulfide) groups is 1. The zero-order valence-corrected chi connectivity index (χ0v) is 16.8. The number of aromatic nitrogens is 1. The van der Waals surface area contributed by atoms with Gasteiger partial charge in [0.2, 0.25) is 5.91 Å². The van der Waals surface area contributed by atoms with Crippen molar-refractivity contribution >= 4 is 51.6 Å². The summed E-state index contributed by atoms with van der Waals surface area (Å²) in [5, 5.41) is 1.15. The van der Waals surface area contributed by atoms with E-state index in [-0.39, 0.29) is 24.4 Å². The molecule has 0 bridgehead atoms. The Bertz CT molecular complexity index is 655.